The van der Waals surface area contributed by atoms with Crippen molar-refractivity contribution in [3.63, 3.8) is 0 Å². The van der Waals surface area contributed by atoms with Crippen LogP contribution in [0.3, 0.4) is 0 Å². The van der Waals surface area contributed by atoms with Crippen LogP contribution in [-0.2, 0) is 6.42 Å². The van der Waals surface area contributed by atoms with Crippen molar-refractivity contribution in [3.05, 3.63) is 17.0 Å². The van der Waals surface area contributed by atoms with Crippen molar-refractivity contribution in [1.82, 2.24) is 9.97 Å². The van der Waals surface area contributed by atoms with E-state index in [2.05, 4.69) is 29.1 Å². The van der Waals surface area contributed by atoms with Crippen LogP contribution in [0.25, 0.3) is 0 Å². The summed E-state index contributed by atoms with van der Waals surface area (Å²) in [7, 11) is 0. The molecule has 1 aromatic rings. The number of nitrogens with zero attached hydrogens (tertiary/aromatic N) is 2. The summed E-state index contributed by atoms with van der Waals surface area (Å²) in [4.78, 5) is 8.68. The van der Waals surface area contributed by atoms with E-state index in [1.807, 2.05) is 0 Å². The van der Waals surface area contributed by atoms with Gasteiger partial charge in [0, 0.05) is 19.0 Å². The molecule has 0 atom stereocenters. The molecular formula is C15H26ClN3. The molecule has 0 aliphatic rings. The summed E-state index contributed by atoms with van der Waals surface area (Å²) in [6.07, 6.45) is 9.75. The molecular weight excluding hydrogens is 258 g/mol. The van der Waals surface area contributed by atoms with Crippen molar-refractivity contribution < 1.29 is 0 Å². The SMILES string of the molecule is CCCCCCCCNc1cc(Cl)nc(CCC)n1. The first-order valence-corrected chi connectivity index (χ1v) is 7.91. The van der Waals surface area contributed by atoms with Crippen molar-refractivity contribution in [2.45, 2.75) is 65.2 Å². The quantitative estimate of drug-likeness (QED) is 0.492. The minimum Gasteiger partial charge on any atom is -0.370 e. The van der Waals surface area contributed by atoms with Crippen LogP contribution in [0.1, 0.15) is 64.6 Å². The van der Waals surface area contributed by atoms with Gasteiger partial charge in [0.25, 0.3) is 0 Å². The van der Waals surface area contributed by atoms with Gasteiger partial charge in [-0.1, -0.05) is 57.6 Å². The second kappa shape index (κ2) is 10.0. The number of hydrogen-bond donors (Lipinski definition) is 1. The topological polar surface area (TPSA) is 37.8 Å². The third-order valence-electron chi connectivity index (χ3n) is 3.05. The average molecular weight is 284 g/mol. The predicted molar refractivity (Wildman–Crippen MR) is 82.9 cm³/mol. The van der Waals surface area contributed by atoms with E-state index < -0.39 is 0 Å². The Morgan fingerprint density at radius 1 is 1.00 bits per heavy atom. The van der Waals surface area contributed by atoms with E-state index in [-0.39, 0.29) is 0 Å². The van der Waals surface area contributed by atoms with E-state index in [1.54, 1.807) is 6.07 Å². The molecule has 1 heterocycles. The third kappa shape index (κ3) is 7.36. The maximum absolute atomic E-state index is 5.99. The highest BCUT2D eigenvalue weighted by molar-refractivity contribution is 6.29. The van der Waals surface area contributed by atoms with Gasteiger partial charge in [0.1, 0.15) is 16.8 Å². The Balaban J connectivity index is 2.25. The molecule has 0 saturated carbocycles. The number of hydrogen-bond acceptors (Lipinski definition) is 3. The van der Waals surface area contributed by atoms with Crippen LogP contribution in [0.5, 0.6) is 0 Å². The summed E-state index contributed by atoms with van der Waals surface area (Å²) in [6.45, 7) is 5.33. The van der Waals surface area contributed by atoms with Crippen molar-refractivity contribution in [3.8, 4) is 0 Å². The molecule has 0 aliphatic heterocycles. The van der Waals surface area contributed by atoms with Gasteiger partial charge >= 0.3 is 0 Å². The normalized spacial score (nSPS) is 10.7. The zero-order valence-electron chi connectivity index (χ0n) is 12.2. The Kier molecular flexibility index (Phi) is 8.55. The molecule has 1 aromatic heterocycles. The van der Waals surface area contributed by atoms with Crippen LogP contribution in [0.15, 0.2) is 6.07 Å². The van der Waals surface area contributed by atoms with Crippen LogP contribution in [0.4, 0.5) is 5.82 Å². The Hall–Kier alpha value is -0.830. The summed E-state index contributed by atoms with van der Waals surface area (Å²) in [5.41, 5.74) is 0. The highest BCUT2D eigenvalue weighted by atomic mass is 35.5. The van der Waals surface area contributed by atoms with Gasteiger partial charge in [0.15, 0.2) is 0 Å². The molecule has 0 amide bonds. The maximum Gasteiger partial charge on any atom is 0.134 e. The smallest absolute Gasteiger partial charge is 0.134 e. The summed E-state index contributed by atoms with van der Waals surface area (Å²) in [5.74, 6) is 1.69. The molecule has 0 bridgehead atoms. The average Bonchev–Trinajstić information content (AvgIpc) is 2.37. The number of unbranched alkanes of at least 4 members (excludes halogenated alkanes) is 5. The second-order valence-electron chi connectivity index (χ2n) is 4.94. The van der Waals surface area contributed by atoms with Gasteiger partial charge in [0.2, 0.25) is 0 Å². The molecule has 0 fully saturated rings. The first-order chi connectivity index (χ1) is 9.26. The van der Waals surface area contributed by atoms with Gasteiger partial charge in [-0.05, 0) is 12.8 Å². The Bertz CT molecular complexity index is 355. The molecule has 108 valence electrons. The van der Waals surface area contributed by atoms with Gasteiger partial charge in [-0.2, -0.15) is 0 Å². The van der Waals surface area contributed by atoms with Crippen LogP contribution in [-0.4, -0.2) is 16.5 Å². The zero-order valence-corrected chi connectivity index (χ0v) is 13.0. The lowest BCUT2D eigenvalue weighted by atomic mass is 10.1. The molecule has 1 N–H and O–H groups in total. The summed E-state index contributed by atoms with van der Waals surface area (Å²) in [5, 5.41) is 3.87. The largest absolute Gasteiger partial charge is 0.370 e. The van der Waals surface area contributed by atoms with E-state index in [9.17, 15) is 0 Å². The molecule has 3 nitrogen and oxygen atoms in total. The van der Waals surface area contributed by atoms with E-state index in [1.165, 1.54) is 38.5 Å². The number of anilines is 1. The molecule has 0 saturated heterocycles. The van der Waals surface area contributed by atoms with Crippen molar-refractivity contribution in [2.75, 3.05) is 11.9 Å². The fourth-order valence-electron chi connectivity index (χ4n) is 2.01. The molecule has 1 rings (SSSR count). The molecule has 19 heavy (non-hydrogen) atoms. The van der Waals surface area contributed by atoms with Gasteiger partial charge in [-0.25, -0.2) is 9.97 Å². The van der Waals surface area contributed by atoms with Crippen LogP contribution in [0.2, 0.25) is 5.15 Å². The van der Waals surface area contributed by atoms with Crippen molar-refractivity contribution >= 4 is 17.4 Å². The molecule has 0 aromatic carbocycles. The number of rotatable bonds is 10. The summed E-state index contributed by atoms with van der Waals surface area (Å²) in [6, 6.07) is 1.80. The minimum atomic E-state index is 0.531. The van der Waals surface area contributed by atoms with E-state index in [4.69, 9.17) is 11.6 Å². The summed E-state index contributed by atoms with van der Waals surface area (Å²) < 4.78 is 0. The lowest BCUT2D eigenvalue weighted by Gasteiger charge is -2.07. The third-order valence-corrected chi connectivity index (χ3v) is 3.24. The predicted octanol–water partition coefficient (Wildman–Crippen LogP) is 4.85. The Morgan fingerprint density at radius 2 is 1.74 bits per heavy atom. The first-order valence-electron chi connectivity index (χ1n) is 7.53. The van der Waals surface area contributed by atoms with E-state index >= 15 is 0 Å². The zero-order chi connectivity index (χ0) is 13.9. The minimum absolute atomic E-state index is 0.531. The van der Waals surface area contributed by atoms with E-state index in [0.717, 1.165) is 31.0 Å². The molecule has 0 unspecified atom stereocenters. The van der Waals surface area contributed by atoms with Crippen LogP contribution in [0, 0.1) is 0 Å². The Labute approximate surface area is 122 Å². The number of aryl methyl sites for hydroxylation is 1. The van der Waals surface area contributed by atoms with Crippen molar-refractivity contribution in [1.29, 1.82) is 0 Å². The van der Waals surface area contributed by atoms with Crippen LogP contribution < -0.4 is 5.32 Å². The first kappa shape index (κ1) is 16.2. The van der Waals surface area contributed by atoms with Crippen LogP contribution >= 0.6 is 11.6 Å². The van der Waals surface area contributed by atoms with Gasteiger partial charge in [0.05, 0.1) is 0 Å². The second-order valence-corrected chi connectivity index (χ2v) is 5.32. The van der Waals surface area contributed by atoms with Gasteiger partial charge < -0.3 is 5.32 Å². The molecule has 0 radical (unpaired) electrons. The lowest BCUT2D eigenvalue weighted by Crippen LogP contribution is -2.06. The van der Waals surface area contributed by atoms with E-state index in [0.29, 0.717) is 5.15 Å². The number of aromatic nitrogens is 2. The molecule has 4 heteroatoms. The Morgan fingerprint density at radius 3 is 2.47 bits per heavy atom. The molecule has 0 spiro atoms. The fourth-order valence-corrected chi connectivity index (χ4v) is 2.21. The van der Waals surface area contributed by atoms with Gasteiger partial charge in [-0.3, -0.25) is 0 Å². The highest BCUT2D eigenvalue weighted by Gasteiger charge is 2.02. The standard InChI is InChI=1S/C15H26ClN3/c1-3-5-6-7-8-9-11-17-15-12-13(16)18-14(19-15)10-4-2/h12H,3-11H2,1-2H3,(H,17,18,19). The highest BCUT2D eigenvalue weighted by Crippen LogP contribution is 2.13. The maximum atomic E-state index is 5.99. The van der Waals surface area contributed by atoms with Crippen molar-refractivity contribution in [2.24, 2.45) is 0 Å². The van der Waals surface area contributed by atoms with Gasteiger partial charge in [-0.15, -0.1) is 0 Å². The number of halogens is 1. The lowest BCUT2D eigenvalue weighted by molar-refractivity contribution is 0.616. The fraction of sp³-hybridized carbons (Fsp3) is 0.733. The molecule has 0 aliphatic carbocycles. The summed E-state index contributed by atoms with van der Waals surface area (Å²) >= 11 is 5.99. The number of nitrogens with one attached hydrogen (secondary N) is 1. The monoisotopic (exact) mass is 283 g/mol.